The predicted octanol–water partition coefficient (Wildman–Crippen LogP) is 3.28. The molecule has 0 spiro atoms. The van der Waals surface area contributed by atoms with E-state index in [1.54, 1.807) is 24.5 Å². The molecule has 0 bridgehead atoms. The Hall–Kier alpha value is -1.27. The van der Waals surface area contributed by atoms with Crippen LogP contribution in [0.2, 0.25) is 0 Å². The van der Waals surface area contributed by atoms with Gasteiger partial charge in [0.2, 0.25) is 0 Å². The van der Waals surface area contributed by atoms with Crippen LogP contribution in [-0.2, 0) is 0 Å². The number of nitrogens with zero attached hydrogens (tertiary/aromatic N) is 2. The van der Waals surface area contributed by atoms with Crippen LogP contribution in [-0.4, -0.2) is 15.1 Å². The van der Waals surface area contributed by atoms with Gasteiger partial charge in [-0.25, -0.2) is 4.98 Å². The van der Waals surface area contributed by atoms with Crippen molar-refractivity contribution in [3.8, 4) is 0 Å². The Balaban J connectivity index is 2.22. The summed E-state index contributed by atoms with van der Waals surface area (Å²) in [4.78, 5) is 15.8. The van der Waals surface area contributed by atoms with E-state index >= 15 is 0 Å². The van der Waals surface area contributed by atoms with Gasteiger partial charge >= 0.3 is 0 Å². The number of anilines is 1. The molecule has 0 aliphatic rings. The highest BCUT2D eigenvalue weighted by molar-refractivity contribution is 7.11. The van der Waals surface area contributed by atoms with Crippen LogP contribution in [0.15, 0.2) is 11.6 Å². The Morgan fingerprint density at radius 3 is 2.88 bits per heavy atom. The van der Waals surface area contributed by atoms with Gasteiger partial charge in [0.1, 0.15) is 10.0 Å². The van der Waals surface area contributed by atoms with Crippen LogP contribution < -0.4 is 5.32 Å². The second-order valence-corrected chi connectivity index (χ2v) is 5.46. The van der Waals surface area contributed by atoms with E-state index in [1.807, 2.05) is 19.2 Å². The number of nitrogens with one attached hydrogen (secondary N) is 1. The molecule has 6 heteroatoms. The number of thiazole rings is 1. The molecule has 1 atom stereocenters. The molecule has 2 rings (SSSR count). The fourth-order valence-corrected chi connectivity index (χ4v) is 3.17. The van der Waals surface area contributed by atoms with Crippen molar-refractivity contribution in [3.05, 3.63) is 27.8 Å². The van der Waals surface area contributed by atoms with Crippen molar-refractivity contribution in [3.63, 3.8) is 0 Å². The summed E-state index contributed by atoms with van der Waals surface area (Å²) in [5.41, 5.74) is 1.48. The van der Waals surface area contributed by atoms with Gasteiger partial charge in [-0.15, -0.1) is 11.3 Å². The topological polar surface area (TPSA) is 54.9 Å². The second kappa shape index (κ2) is 4.93. The second-order valence-electron chi connectivity index (χ2n) is 3.76. The molecule has 0 aliphatic heterocycles. The third-order valence-electron chi connectivity index (χ3n) is 2.38. The largest absolute Gasteiger partial charge is 0.366 e. The van der Waals surface area contributed by atoms with Gasteiger partial charge in [0.05, 0.1) is 17.3 Å². The highest BCUT2D eigenvalue weighted by Crippen LogP contribution is 2.29. The molecule has 1 unspecified atom stereocenters. The van der Waals surface area contributed by atoms with Gasteiger partial charge in [-0.2, -0.15) is 4.37 Å². The summed E-state index contributed by atoms with van der Waals surface area (Å²) in [5, 5.41) is 7.08. The van der Waals surface area contributed by atoms with Crippen molar-refractivity contribution in [1.29, 1.82) is 0 Å². The summed E-state index contributed by atoms with van der Waals surface area (Å²) in [6.45, 7) is 5.44. The summed E-state index contributed by atoms with van der Waals surface area (Å²) in [6, 6.07) is 0.0907. The molecule has 0 amide bonds. The Labute approximate surface area is 108 Å². The molecule has 2 aromatic heterocycles. The third-order valence-corrected chi connectivity index (χ3v) is 4.21. The molecule has 4 nitrogen and oxygen atoms in total. The molecule has 0 saturated heterocycles. The van der Waals surface area contributed by atoms with Crippen molar-refractivity contribution >= 4 is 33.7 Å². The Kier molecular flexibility index (Phi) is 3.54. The monoisotopic (exact) mass is 267 g/mol. The van der Waals surface area contributed by atoms with Gasteiger partial charge in [0.25, 0.3) is 0 Å². The minimum atomic E-state index is 0.0464. The predicted molar refractivity (Wildman–Crippen MR) is 71.0 cm³/mol. The fraction of sp³-hybridized carbons (Fsp3) is 0.364. The van der Waals surface area contributed by atoms with Gasteiger partial charge in [-0.3, -0.25) is 4.79 Å². The molecule has 17 heavy (non-hydrogen) atoms. The maximum atomic E-state index is 11.5. The van der Waals surface area contributed by atoms with Crippen molar-refractivity contribution in [2.75, 3.05) is 5.32 Å². The van der Waals surface area contributed by atoms with Crippen LogP contribution in [0.25, 0.3) is 0 Å². The number of carbonyl (C=O) groups excluding carboxylic acids is 1. The molecule has 2 aromatic rings. The lowest BCUT2D eigenvalue weighted by Gasteiger charge is -2.11. The first kappa shape index (κ1) is 12.2. The van der Waals surface area contributed by atoms with E-state index in [-0.39, 0.29) is 11.8 Å². The van der Waals surface area contributed by atoms with Crippen LogP contribution in [0.5, 0.6) is 0 Å². The Bertz CT molecular complexity index is 519. The number of rotatable bonds is 4. The number of hydrogen-bond donors (Lipinski definition) is 1. The van der Waals surface area contributed by atoms with E-state index in [4.69, 9.17) is 0 Å². The van der Waals surface area contributed by atoms with E-state index in [9.17, 15) is 4.79 Å². The molecule has 0 fully saturated rings. The van der Waals surface area contributed by atoms with Crippen LogP contribution in [0.4, 0.5) is 5.00 Å². The molecule has 2 heterocycles. The number of hydrogen-bond acceptors (Lipinski definition) is 6. The molecule has 0 aromatic carbocycles. The summed E-state index contributed by atoms with van der Waals surface area (Å²) >= 11 is 2.92. The fourth-order valence-electron chi connectivity index (χ4n) is 1.59. The van der Waals surface area contributed by atoms with Crippen LogP contribution >= 0.6 is 22.9 Å². The molecular weight excluding hydrogens is 254 g/mol. The molecule has 1 N–H and O–H groups in total. The maximum absolute atomic E-state index is 11.5. The number of carbonyl (C=O) groups is 1. The van der Waals surface area contributed by atoms with Crippen molar-refractivity contribution < 1.29 is 4.79 Å². The summed E-state index contributed by atoms with van der Waals surface area (Å²) in [7, 11) is 0. The van der Waals surface area contributed by atoms with E-state index in [0.717, 1.165) is 15.7 Å². The smallest absolute Gasteiger partial charge is 0.164 e. The average Bonchev–Trinajstić information content (AvgIpc) is 2.87. The lowest BCUT2D eigenvalue weighted by atomic mass is 10.2. The van der Waals surface area contributed by atoms with Crippen LogP contribution in [0, 0.1) is 6.92 Å². The van der Waals surface area contributed by atoms with Crippen molar-refractivity contribution in [2.24, 2.45) is 0 Å². The highest BCUT2D eigenvalue weighted by Gasteiger charge is 2.17. The summed E-state index contributed by atoms with van der Waals surface area (Å²) in [5.74, 6) is 0.0464. The van der Waals surface area contributed by atoms with Crippen LogP contribution in [0.3, 0.4) is 0 Å². The number of aryl methyl sites for hydroxylation is 1. The molecule has 0 aliphatic carbocycles. The van der Waals surface area contributed by atoms with Gasteiger partial charge in [-0.1, -0.05) is 0 Å². The molecule has 0 saturated carbocycles. The van der Waals surface area contributed by atoms with Gasteiger partial charge < -0.3 is 5.32 Å². The van der Waals surface area contributed by atoms with E-state index in [1.165, 1.54) is 11.5 Å². The minimum absolute atomic E-state index is 0.0464. The van der Waals surface area contributed by atoms with E-state index in [2.05, 4.69) is 14.7 Å². The normalized spacial score (nSPS) is 12.4. The Morgan fingerprint density at radius 2 is 2.29 bits per heavy atom. The first-order valence-electron chi connectivity index (χ1n) is 5.22. The lowest BCUT2D eigenvalue weighted by Crippen LogP contribution is -2.08. The summed E-state index contributed by atoms with van der Waals surface area (Å²) < 4.78 is 4.21. The summed E-state index contributed by atoms with van der Waals surface area (Å²) in [6.07, 6.45) is 1.78. The van der Waals surface area contributed by atoms with Crippen molar-refractivity contribution in [1.82, 2.24) is 9.36 Å². The zero-order valence-corrected chi connectivity index (χ0v) is 11.5. The number of ketones is 1. The zero-order chi connectivity index (χ0) is 12.4. The lowest BCUT2D eigenvalue weighted by molar-refractivity contribution is 0.101. The third kappa shape index (κ3) is 2.53. The quantitative estimate of drug-likeness (QED) is 0.864. The van der Waals surface area contributed by atoms with Crippen LogP contribution in [0.1, 0.15) is 40.9 Å². The first-order chi connectivity index (χ1) is 8.09. The SMILES string of the molecule is CC(=O)c1c(C)nsc1NC(C)c1nccs1. The van der Waals surface area contributed by atoms with Gasteiger partial charge in [0, 0.05) is 11.6 Å². The number of Topliss-reactive ketones (excluding diaryl/α,β-unsaturated/α-hetero) is 1. The van der Waals surface area contributed by atoms with E-state index < -0.39 is 0 Å². The van der Waals surface area contributed by atoms with E-state index in [0.29, 0.717) is 5.56 Å². The van der Waals surface area contributed by atoms with Crippen molar-refractivity contribution in [2.45, 2.75) is 26.8 Å². The standard InChI is InChI=1S/C11H13N3OS2/c1-6-9(8(3)15)11(17-14-6)13-7(2)10-12-4-5-16-10/h4-5,7,13H,1-3H3. The maximum Gasteiger partial charge on any atom is 0.164 e. The Morgan fingerprint density at radius 1 is 1.53 bits per heavy atom. The van der Waals surface area contributed by atoms with Gasteiger partial charge in [-0.05, 0) is 32.3 Å². The molecular formula is C11H13N3OS2. The number of aromatic nitrogens is 2. The molecule has 0 radical (unpaired) electrons. The average molecular weight is 267 g/mol. The minimum Gasteiger partial charge on any atom is -0.366 e. The highest BCUT2D eigenvalue weighted by atomic mass is 32.1. The molecule has 90 valence electrons. The van der Waals surface area contributed by atoms with Gasteiger partial charge in [0.15, 0.2) is 5.78 Å². The zero-order valence-electron chi connectivity index (χ0n) is 9.85. The first-order valence-corrected chi connectivity index (χ1v) is 6.88.